The highest BCUT2D eigenvalue weighted by Crippen LogP contribution is 2.27. The number of nitrogens with zero attached hydrogens (tertiary/aromatic N) is 2. The molecule has 0 amide bonds. The molecule has 0 fully saturated rings. The van der Waals surface area contributed by atoms with E-state index in [4.69, 9.17) is 16.7 Å². The van der Waals surface area contributed by atoms with Crippen LogP contribution < -0.4 is 4.72 Å². The van der Waals surface area contributed by atoms with Gasteiger partial charge in [-0.05, 0) is 19.1 Å². The van der Waals surface area contributed by atoms with Crippen LogP contribution in [-0.4, -0.2) is 29.9 Å². The average molecular weight is 336 g/mol. The quantitative estimate of drug-likeness (QED) is 0.840. The number of hydrogen-bond acceptors (Lipinski definition) is 5. The van der Waals surface area contributed by atoms with Gasteiger partial charge in [-0.2, -0.15) is 5.10 Å². The van der Waals surface area contributed by atoms with Gasteiger partial charge in [-0.25, -0.2) is 13.1 Å². The summed E-state index contributed by atoms with van der Waals surface area (Å²) in [5.74, 6) is 0. The van der Waals surface area contributed by atoms with Crippen LogP contribution in [0.4, 0.5) is 0 Å². The smallest absolute Gasteiger partial charge is 0.244 e. The number of aliphatic hydroxyl groups excluding tert-OH is 1. The Kier molecular flexibility index (Phi) is 4.82. The number of hydrogen-bond donors (Lipinski definition) is 2. The molecule has 9 heteroatoms. The third-order valence-electron chi connectivity index (χ3n) is 2.60. The van der Waals surface area contributed by atoms with Crippen molar-refractivity contribution in [3.63, 3.8) is 0 Å². The third kappa shape index (κ3) is 3.58. The Morgan fingerprint density at radius 3 is 2.90 bits per heavy atom. The maximum Gasteiger partial charge on any atom is 0.244 e. The molecule has 0 saturated heterocycles. The summed E-state index contributed by atoms with van der Waals surface area (Å²) in [6, 6.07) is 3.14. The number of aromatic nitrogens is 2. The first-order valence-electron chi connectivity index (χ1n) is 5.83. The van der Waals surface area contributed by atoms with Crippen LogP contribution in [0.15, 0.2) is 29.4 Å². The van der Waals surface area contributed by atoms with Crippen molar-refractivity contribution in [2.45, 2.75) is 24.4 Å². The first-order chi connectivity index (χ1) is 9.42. The van der Waals surface area contributed by atoms with Crippen molar-refractivity contribution >= 4 is 33.0 Å². The molecule has 0 spiro atoms. The van der Waals surface area contributed by atoms with Gasteiger partial charge in [0.25, 0.3) is 0 Å². The Morgan fingerprint density at radius 2 is 2.30 bits per heavy atom. The molecule has 2 heterocycles. The monoisotopic (exact) mass is 335 g/mol. The second kappa shape index (κ2) is 6.23. The number of sulfonamides is 1. The summed E-state index contributed by atoms with van der Waals surface area (Å²) in [5, 5.41) is 12.7. The SMILES string of the molecule is CC(NS(=O)(=O)c1cnn(CCO)c1)c1ccc(Cl)s1. The summed E-state index contributed by atoms with van der Waals surface area (Å²) in [6.07, 6.45) is 2.64. The zero-order valence-electron chi connectivity index (χ0n) is 10.7. The van der Waals surface area contributed by atoms with Gasteiger partial charge < -0.3 is 5.11 Å². The van der Waals surface area contributed by atoms with Crippen molar-refractivity contribution in [3.05, 3.63) is 33.7 Å². The largest absolute Gasteiger partial charge is 0.394 e. The molecule has 2 N–H and O–H groups in total. The second-order valence-corrected chi connectivity index (χ2v) is 7.61. The summed E-state index contributed by atoms with van der Waals surface area (Å²) in [6.45, 7) is 1.90. The molecule has 2 rings (SSSR count). The zero-order chi connectivity index (χ0) is 14.8. The minimum Gasteiger partial charge on any atom is -0.394 e. The van der Waals surface area contributed by atoms with E-state index < -0.39 is 10.0 Å². The van der Waals surface area contributed by atoms with Gasteiger partial charge in [0.05, 0.1) is 29.7 Å². The van der Waals surface area contributed by atoms with Crippen LogP contribution in [0.3, 0.4) is 0 Å². The first-order valence-corrected chi connectivity index (χ1v) is 8.51. The van der Waals surface area contributed by atoms with E-state index in [-0.39, 0.29) is 24.1 Å². The van der Waals surface area contributed by atoms with Crippen LogP contribution in [0.2, 0.25) is 4.34 Å². The van der Waals surface area contributed by atoms with Crippen molar-refractivity contribution in [3.8, 4) is 0 Å². The highest BCUT2D eigenvalue weighted by atomic mass is 35.5. The van der Waals surface area contributed by atoms with E-state index in [9.17, 15) is 8.42 Å². The molecule has 1 unspecified atom stereocenters. The van der Waals surface area contributed by atoms with Gasteiger partial charge >= 0.3 is 0 Å². The van der Waals surface area contributed by atoms with Crippen LogP contribution in [-0.2, 0) is 16.6 Å². The van der Waals surface area contributed by atoms with Gasteiger partial charge in [-0.15, -0.1) is 11.3 Å². The molecule has 0 aliphatic carbocycles. The molecule has 2 aromatic heterocycles. The number of rotatable bonds is 6. The molecule has 6 nitrogen and oxygen atoms in total. The Balaban J connectivity index is 2.13. The molecule has 0 aromatic carbocycles. The van der Waals surface area contributed by atoms with Crippen LogP contribution in [0, 0.1) is 0 Å². The maximum absolute atomic E-state index is 12.2. The number of nitrogens with one attached hydrogen (secondary N) is 1. The molecule has 0 aliphatic heterocycles. The molecule has 0 aliphatic rings. The number of aliphatic hydroxyl groups is 1. The normalized spacial score (nSPS) is 13.6. The van der Waals surface area contributed by atoms with E-state index in [2.05, 4.69) is 9.82 Å². The van der Waals surface area contributed by atoms with E-state index in [1.807, 2.05) is 0 Å². The minimum absolute atomic E-state index is 0.0699. The molecule has 0 bridgehead atoms. The summed E-state index contributed by atoms with van der Waals surface area (Å²) in [4.78, 5) is 0.904. The van der Waals surface area contributed by atoms with Gasteiger partial charge in [0.1, 0.15) is 4.90 Å². The summed E-state index contributed by atoms with van der Waals surface area (Å²) < 4.78 is 28.9. The van der Waals surface area contributed by atoms with E-state index >= 15 is 0 Å². The fraction of sp³-hybridized carbons (Fsp3) is 0.364. The van der Waals surface area contributed by atoms with Crippen molar-refractivity contribution in [2.75, 3.05) is 6.61 Å². The fourth-order valence-electron chi connectivity index (χ4n) is 1.63. The molecule has 0 radical (unpaired) electrons. The van der Waals surface area contributed by atoms with Crippen molar-refractivity contribution in [1.29, 1.82) is 0 Å². The Hall–Kier alpha value is -0.930. The minimum atomic E-state index is -3.65. The van der Waals surface area contributed by atoms with E-state index in [1.165, 1.54) is 28.4 Å². The summed E-state index contributed by atoms with van der Waals surface area (Å²) in [5.41, 5.74) is 0. The predicted molar refractivity (Wildman–Crippen MR) is 77.4 cm³/mol. The van der Waals surface area contributed by atoms with Crippen molar-refractivity contribution in [2.24, 2.45) is 0 Å². The molecular formula is C11H14ClN3O3S2. The summed E-state index contributed by atoms with van der Waals surface area (Å²) in [7, 11) is -3.65. The van der Waals surface area contributed by atoms with Gasteiger partial charge in [-0.1, -0.05) is 11.6 Å². The lowest BCUT2D eigenvalue weighted by Gasteiger charge is -2.11. The Morgan fingerprint density at radius 1 is 1.55 bits per heavy atom. The van der Waals surface area contributed by atoms with Crippen LogP contribution in [0.1, 0.15) is 17.8 Å². The van der Waals surface area contributed by atoms with E-state index in [0.717, 1.165) is 4.88 Å². The fourth-order valence-corrected chi connectivity index (χ4v) is 3.94. The van der Waals surface area contributed by atoms with Crippen molar-refractivity contribution < 1.29 is 13.5 Å². The van der Waals surface area contributed by atoms with Crippen LogP contribution >= 0.6 is 22.9 Å². The predicted octanol–water partition coefficient (Wildman–Crippen LogP) is 1.63. The van der Waals surface area contributed by atoms with E-state index in [1.54, 1.807) is 19.1 Å². The average Bonchev–Trinajstić information content (AvgIpc) is 2.98. The van der Waals surface area contributed by atoms with Gasteiger partial charge in [0, 0.05) is 11.1 Å². The van der Waals surface area contributed by atoms with Crippen LogP contribution in [0.25, 0.3) is 0 Å². The number of thiophene rings is 1. The number of halogens is 1. The lowest BCUT2D eigenvalue weighted by atomic mass is 10.3. The molecule has 2 aromatic rings. The highest BCUT2D eigenvalue weighted by molar-refractivity contribution is 7.89. The topological polar surface area (TPSA) is 84.2 Å². The van der Waals surface area contributed by atoms with Gasteiger partial charge in [0.15, 0.2) is 0 Å². The standard InChI is InChI=1S/C11H14ClN3O3S2/c1-8(10-2-3-11(12)19-10)14-20(17,18)9-6-13-15(7-9)4-5-16/h2-3,6-8,14,16H,4-5H2,1H3. The van der Waals surface area contributed by atoms with E-state index in [0.29, 0.717) is 4.34 Å². The second-order valence-electron chi connectivity index (χ2n) is 4.15. The lowest BCUT2D eigenvalue weighted by molar-refractivity contribution is 0.269. The van der Waals surface area contributed by atoms with Gasteiger partial charge in [-0.3, -0.25) is 4.68 Å². The zero-order valence-corrected chi connectivity index (χ0v) is 13.0. The highest BCUT2D eigenvalue weighted by Gasteiger charge is 2.21. The molecular weight excluding hydrogens is 322 g/mol. The Labute approximate surface area is 126 Å². The van der Waals surface area contributed by atoms with Crippen molar-refractivity contribution in [1.82, 2.24) is 14.5 Å². The molecule has 20 heavy (non-hydrogen) atoms. The summed E-state index contributed by atoms with van der Waals surface area (Å²) >= 11 is 7.16. The maximum atomic E-state index is 12.2. The van der Waals surface area contributed by atoms with Gasteiger partial charge in [0.2, 0.25) is 10.0 Å². The molecule has 110 valence electrons. The lowest BCUT2D eigenvalue weighted by Crippen LogP contribution is -2.26. The molecule has 1 atom stereocenters. The Bertz CT molecular complexity index is 681. The first kappa shape index (κ1) is 15.5. The molecule has 0 saturated carbocycles. The third-order valence-corrected chi connectivity index (χ3v) is 5.51. The van der Waals surface area contributed by atoms with Crippen LogP contribution in [0.5, 0.6) is 0 Å².